The molecule has 1 aromatic carbocycles. The van der Waals surface area contributed by atoms with Gasteiger partial charge in [0.1, 0.15) is 11.6 Å². The van der Waals surface area contributed by atoms with Crippen LogP contribution in [0.3, 0.4) is 0 Å². The third kappa shape index (κ3) is 4.86. The van der Waals surface area contributed by atoms with E-state index in [2.05, 4.69) is 22.1 Å². The number of allylic oxidation sites excluding steroid dienone is 1. The van der Waals surface area contributed by atoms with Gasteiger partial charge in [-0.3, -0.25) is 4.79 Å². The smallest absolute Gasteiger partial charge is 0.225 e. The van der Waals surface area contributed by atoms with E-state index < -0.39 is 0 Å². The molecular weight excluding hydrogens is 324 g/mol. The number of aromatic nitrogens is 3. The number of anilines is 1. The van der Waals surface area contributed by atoms with Gasteiger partial charge in [-0.15, -0.1) is 16.8 Å². The van der Waals surface area contributed by atoms with Gasteiger partial charge >= 0.3 is 0 Å². The molecule has 0 radical (unpaired) electrons. The molecule has 1 amide bonds. The molecule has 0 bridgehead atoms. The summed E-state index contributed by atoms with van der Waals surface area (Å²) in [6.07, 6.45) is 3.03. The number of carbonyl (C=O) groups is 1. The molecule has 24 heavy (non-hydrogen) atoms. The highest BCUT2D eigenvalue weighted by Crippen LogP contribution is 2.20. The molecule has 7 heteroatoms. The lowest BCUT2D eigenvalue weighted by Gasteiger charge is -2.08. The van der Waals surface area contributed by atoms with Gasteiger partial charge < -0.3 is 14.6 Å². The van der Waals surface area contributed by atoms with Gasteiger partial charge in [-0.25, -0.2) is 0 Å². The summed E-state index contributed by atoms with van der Waals surface area (Å²) >= 11 is 1.53. The molecule has 0 saturated carbocycles. The van der Waals surface area contributed by atoms with Crippen LogP contribution in [0.2, 0.25) is 0 Å². The first-order valence-electron chi connectivity index (χ1n) is 7.77. The van der Waals surface area contributed by atoms with Crippen LogP contribution in [0.15, 0.2) is 42.1 Å². The maximum Gasteiger partial charge on any atom is 0.225 e. The monoisotopic (exact) mass is 346 g/mol. The van der Waals surface area contributed by atoms with E-state index in [0.29, 0.717) is 24.5 Å². The molecule has 1 aromatic heterocycles. The fourth-order valence-corrected chi connectivity index (χ4v) is 3.06. The van der Waals surface area contributed by atoms with Crippen molar-refractivity contribution in [3.63, 3.8) is 0 Å². The van der Waals surface area contributed by atoms with Crippen molar-refractivity contribution in [2.75, 3.05) is 18.2 Å². The van der Waals surface area contributed by atoms with Crippen LogP contribution in [0.1, 0.15) is 19.2 Å². The number of amides is 1. The highest BCUT2D eigenvalue weighted by Gasteiger charge is 2.11. The Balaban J connectivity index is 1.86. The number of hydrogen-bond donors (Lipinski definition) is 1. The molecule has 0 spiro atoms. The minimum Gasteiger partial charge on any atom is -0.497 e. The lowest BCUT2D eigenvalue weighted by atomic mass is 10.3. The summed E-state index contributed by atoms with van der Waals surface area (Å²) in [7, 11) is 1.60. The summed E-state index contributed by atoms with van der Waals surface area (Å²) in [4.78, 5) is 12.1. The minimum atomic E-state index is -0.0405. The van der Waals surface area contributed by atoms with E-state index in [1.165, 1.54) is 11.8 Å². The second-order valence-corrected chi connectivity index (χ2v) is 6.09. The van der Waals surface area contributed by atoms with E-state index in [1.807, 2.05) is 35.8 Å². The van der Waals surface area contributed by atoms with E-state index in [0.717, 1.165) is 23.1 Å². The van der Waals surface area contributed by atoms with Gasteiger partial charge in [0.25, 0.3) is 0 Å². The molecule has 6 nitrogen and oxygen atoms in total. The summed E-state index contributed by atoms with van der Waals surface area (Å²) in [5.41, 5.74) is 0.729. The number of nitrogens with zero attached hydrogens (tertiary/aromatic N) is 3. The Morgan fingerprint density at radius 3 is 3.00 bits per heavy atom. The van der Waals surface area contributed by atoms with Crippen molar-refractivity contribution >= 4 is 23.4 Å². The standard InChI is InChI=1S/C17H22N4O2S/c1-4-10-21-15(5-2)19-20-17(21)24-11-9-16(22)18-13-7-6-8-14(12-13)23-3/h4,6-8,12H,1,5,9-11H2,2-3H3,(H,18,22). The second-order valence-electron chi connectivity index (χ2n) is 5.03. The SMILES string of the molecule is C=CCn1c(CC)nnc1SCCC(=O)Nc1cccc(OC)c1. The number of ether oxygens (including phenoxy) is 1. The molecule has 0 atom stereocenters. The Hall–Kier alpha value is -2.28. The molecule has 0 fully saturated rings. The number of benzene rings is 1. The van der Waals surface area contributed by atoms with Gasteiger partial charge in [0, 0.05) is 36.9 Å². The average Bonchev–Trinajstić information content (AvgIpc) is 2.97. The van der Waals surface area contributed by atoms with E-state index in [4.69, 9.17) is 4.74 Å². The number of carbonyl (C=O) groups excluding carboxylic acids is 1. The number of methoxy groups -OCH3 is 1. The molecule has 0 aliphatic carbocycles. The predicted octanol–water partition coefficient (Wildman–Crippen LogP) is 3.16. The predicted molar refractivity (Wildman–Crippen MR) is 96.6 cm³/mol. The maximum absolute atomic E-state index is 12.1. The molecule has 0 aliphatic rings. The molecule has 1 N–H and O–H groups in total. The van der Waals surface area contributed by atoms with Crippen molar-refractivity contribution in [1.82, 2.24) is 14.8 Å². The molecule has 0 unspecified atom stereocenters. The highest BCUT2D eigenvalue weighted by molar-refractivity contribution is 7.99. The van der Waals surface area contributed by atoms with Crippen LogP contribution >= 0.6 is 11.8 Å². The molecular formula is C17H22N4O2S. The Morgan fingerprint density at radius 2 is 2.29 bits per heavy atom. The molecule has 2 rings (SSSR count). The maximum atomic E-state index is 12.1. The fourth-order valence-electron chi connectivity index (χ4n) is 2.16. The number of nitrogens with one attached hydrogen (secondary N) is 1. The fraction of sp³-hybridized carbons (Fsp3) is 0.353. The molecule has 1 heterocycles. The van der Waals surface area contributed by atoms with Gasteiger partial charge in [-0.1, -0.05) is 30.8 Å². The van der Waals surface area contributed by atoms with Gasteiger partial charge in [0.2, 0.25) is 5.91 Å². The molecule has 0 saturated heterocycles. The second kappa shape index (κ2) is 9.12. The van der Waals surface area contributed by atoms with Crippen molar-refractivity contribution in [2.45, 2.75) is 31.5 Å². The highest BCUT2D eigenvalue weighted by atomic mass is 32.2. The van der Waals surface area contributed by atoms with Gasteiger partial charge in [0.05, 0.1) is 7.11 Å². The molecule has 128 valence electrons. The van der Waals surface area contributed by atoms with E-state index in [9.17, 15) is 4.79 Å². The van der Waals surface area contributed by atoms with Gasteiger partial charge in [-0.2, -0.15) is 0 Å². The summed E-state index contributed by atoms with van der Waals surface area (Å²) in [6.45, 7) is 6.48. The van der Waals surface area contributed by atoms with Crippen molar-refractivity contribution in [3.05, 3.63) is 42.7 Å². The third-order valence-electron chi connectivity index (χ3n) is 3.34. The molecule has 2 aromatic rings. The minimum absolute atomic E-state index is 0.0405. The number of aryl methyl sites for hydroxylation is 1. The van der Waals surface area contributed by atoms with Crippen LogP contribution < -0.4 is 10.1 Å². The number of rotatable bonds is 9. The number of hydrogen-bond acceptors (Lipinski definition) is 5. The summed E-state index contributed by atoms with van der Waals surface area (Å²) in [5.74, 6) is 2.24. The zero-order valence-corrected chi connectivity index (χ0v) is 14.8. The lowest BCUT2D eigenvalue weighted by Crippen LogP contribution is -2.12. The Kier molecular flexibility index (Phi) is 6.87. The average molecular weight is 346 g/mol. The van der Waals surface area contributed by atoms with Crippen molar-refractivity contribution in [3.8, 4) is 5.75 Å². The normalized spacial score (nSPS) is 10.4. The largest absolute Gasteiger partial charge is 0.497 e. The van der Waals surface area contributed by atoms with E-state index in [-0.39, 0.29) is 5.91 Å². The topological polar surface area (TPSA) is 69.0 Å². The van der Waals surface area contributed by atoms with Crippen LogP contribution in [0, 0.1) is 0 Å². The Bertz CT molecular complexity index is 700. The Morgan fingerprint density at radius 1 is 1.46 bits per heavy atom. The summed E-state index contributed by atoms with van der Waals surface area (Å²) in [6, 6.07) is 7.30. The van der Waals surface area contributed by atoms with Crippen LogP contribution in [-0.2, 0) is 17.8 Å². The van der Waals surface area contributed by atoms with Crippen LogP contribution in [-0.4, -0.2) is 33.5 Å². The Labute approximate surface area is 146 Å². The zero-order valence-electron chi connectivity index (χ0n) is 14.0. The van der Waals surface area contributed by atoms with Crippen molar-refractivity contribution in [2.24, 2.45) is 0 Å². The summed E-state index contributed by atoms with van der Waals surface area (Å²) in [5, 5.41) is 12.0. The summed E-state index contributed by atoms with van der Waals surface area (Å²) < 4.78 is 7.17. The van der Waals surface area contributed by atoms with E-state index >= 15 is 0 Å². The third-order valence-corrected chi connectivity index (χ3v) is 4.30. The van der Waals surface area contributed by atoms with Gasteiger partial charge in [0.15, 0.2) is 5.16 Å². The lowest BCUT2D eigenvalue weighted by molar-refractivity contribution is -0.115. The van der Waals surface area contributed by atoms with Crippen molar-refractivity contribution in [1.29, 1.82) is 0 Å². The van der Waals surface area contributed by atoms with Crippen LogP contribution in [0.4, 0.5) is 5.69 Å². The number of thioether (sulfide) groups is 1. The van der Waals surface area contributed by atoms with Crippen molar-refractivity contribution < 1.29 is 9.53 Å². The van der Waals surface area contributed by atoms with Gasteiger partial charge in [-0.05, 0) is 12.1 Å². The zero-order chi connectivity index (χ0) is 17.4. The first-order chi connectivity index (χ1) is 11.7. The van der Waals surface area contributed by atoms with E-state index in [1.54, 1.807) is 13.2 Å². The van der Waals surface area contributed by atoms with Crippen LogP contribution in [0.25, 0.3) is 0 Å². The quantitative estimate of drug-likeness (QED) is 0.558. The first-order valence-corrected chi connectivity index (χ1v) is 8.76. The molecule has 0 aliphatic heterocycles. The first kappa shape index (κ1) is 18.1. The van der Waals surface area contributed by atoms with Crippen LogP contribution in [0.5, 0.6) is 5.75 Å².